The van der Waals surface area contributed by atoms with Gasteiger partial charge in [0.2, 0.25) is 0 Å². The van der Waals surface area contributed by atoms with Gasteiger partial charge < -0.3 is 0 Å². The standard InChI is InChI=1S/C65H42N2/c1-4-19-43(20-5-1)46-25-18-26-48(37-46)64-66-62(42-63(67-64)51-39-49(44-21-6-2-7-22-44)38-50(40-51)45-23-8-3-9-24-45)47-35-36-57-53-28-11-10-27-52(53)54-29-12-15-32-58(54)65(61(57)41-47)59-33-16-13-30-55(59)56-31-14-17-34-60(56)65/h1-42H. The number of aromatic nitrogens is 2. The minimum absolute atomic E-state index is 0.606. The second-order valence-electron chi connectivity index (χ2n) is 17.6. The van der Waals surface area contributed by atoms with E-state index in [1.807, 2.05) is 0 Å². The third-order valence-electron chi connectivity index (χ3n) is 13.9. The average molecular weight is 851 g/mol. The third kappa shape index (κ3) is 6.33. The van der Waals surface area contributed by atoms with Crippen molar-refractivity contribution >= 4 is 0 Å². The molecule has 312 valence electrons. The van der Waals surface area contributed by atoms with Crippen LogP contribution in [0.1, 0.15) is 22.3 Å². The van der Waals surface area contributed by atoms with Gasteiger partial charge in [0, 0.05) is 16.7 Å². The van der Waals surface area contributed by atoms with Crippen LogP contribution in [-0.2, 0) is 5.41 Å². The largest absolute Gasteiger partial charge is 0.228 e. The molecule has 2 heteroatoms. The predicted molar refractivity (Wildman–Crippen MR) is 276 cm³/mol. The van der Waals surface area contributed by atoms with Crippen LogP contribution in [0.5, 0.6) is 0 Å². The van der Waals surface area contributed by atoms with Gasteiger partial charge in [-0.1, -0.05) is 218 Å². The average Bonchev–Trinajstić information content (AvgIpc) is 3.66. The lowest BCUT2D eigenvalue weighted by Crippen LogP contribution is -2.29. The Kier molecular flexibility index (Phi) is 9.11. The van der Waals surface area contributed by atoms with Crippen molar-refractivity contribution in [2.45, 2.75) is 5.41 Å². The molecule has 0 fully saturated rings. The van der Waals surface area contributed by atoms with Crippen LogP contribution in [0, 0.1) is 0 Å². The summed E-state index contributed by atoms with van der Waals surface area (Å²) in [6.07, 6.45) is 0. The van der Waals surface area contributed by atoms with Crippen LogP contribution >= 0.6 is 0 Å². The first kappa shape index (κ1) is 38.7. The van der Waals surface area contributed by atoms with E-state index in [9.17, 15) is 0 Å². The summed E-state index contributed by atoms with van der Waals surface area (Å²) in [5, 5.41) is 0. The summed E-state index contributed by atoms with van der Waals surface area (Å²) in [5.74, 6) is 0.675. The van der Waals surface area contributed by atoms with Crippen LogP contribution in [0.4, 0.5) is 0 Å². The Morgan fingerprint density at radius 2 is 0.582 bits per heavy atom. The van der Waals surface area contributed by atoms with Gasteiger partial charge in [0.25, 0.3) is 0 Å². The third-order valence-corrected chi connectivity index (χ3v) is 13.9. The Bertz CT molecular complexity index is 3580. The lowest BCUT2D eigenvalue weighted by molar-refractivity contribution is 0.775. The Labute approximate surface area is 391 Å². The van der Waals surface area contributed by atoms with Crippen molar-refractivity contribution in [3.8, 4) is 101 Å². The predicted octanol–water partition coefficient (Wildman–Crippen LogP) is 16.5. The van der Waals surface area contributed by atoms with E-state index in [1.54, 1.807) is 0 Å². The summed E-state index contributed by atoms with van der Waals surface area (Å²) < 4.78 is 0. The highest BCUT2D eigenvalue weighted by atomic mass is 14.9. The van der Waals surface area contributed by atoms with E-state index in [4.69, 9.17) is 9.97 Å². The summed E-state index contributed by atoms with van der Waals surface area (Å²) in [5.41, 5.74) is 23.6. The minimum atomic E-state index is -0.606. The molecule has 67 heavy (non-hydrogen) atoms. The highest BCUT2D eigenvalue weighted by Crippen LogP contribution is 2.61. The van der Waals surface area contributed by atoms with Crippen molar-refractivity contribution in [2.24, 2.45) is 0 Å². The minimum Gasteiger partial charge on any atom is -0.228 e. The van der Waals surface area contributed by atoms with Crippen LogP contribution in [0.2, 0.25) is 0 Å². The zero-order valence-electron chi connectivity index (χ0n) is 36.6. The van der Waals surface area contributed by atoms with E-state index >= 15 is 0 Å². The van der Waals surface area contributed by atoms with E-state index in [0.29, 0.717) is 5.82 Å². The molecule has 0 atom stereocenters. The summed E-state index contributed by atoms with van der Waals surface area (Å²) in [7, 11) is 0. The molecule has 10 aromatic carbocycles. The van der Waals surface area contributed by atoms with Crippen LogP contribution in [-0.4, -0.2) is 9.97 Å². The number of fused-ring (bicyclic) bond motifs is 12. The van der Waals surface area contributed by atoms with Crippen molar-refractivity contribution in [3.63, 3.8) is 0 Å². The summed E-state index contributed by atoms with van der Waals surface area (Å²) in [6.45, 7) is 0. The first-order valence-electron chi connectivity index (χ1n) is 23.1. The van der Waals surface area contributed by atoms with Crippen molar-refractivity contribution in [1.29, 1.82) is 0 Å². The molecule has 1 heterocycles. The molecule has 0 unspecified atom stereocenters. The van der Waals surface area contributed by atoms with Gasteiger partial charge in [0.15, 0.2) is 5.82 Å². The quantitative estimate of drug-likeness (QED) is 0.167. The van der Waals surface area contributed by atoms with Gasteiger partial charge in [-0.05, 0) is 125 Å². The zero-order chi connectivity index (χ0) is 44.3. The normalized spacial score (nSPS) is 12.6. The fourth-order valence-corrected chi connectivity index (χ4v) is 10.9. The second kappa shape index (κ2) is 15.8. The molecule has 0 radical (unpaired) electrons. The molecule has 0 N–H and O–H groups in total. The molecule has 1 aromatic heterocycles. The smallest absolute Gasteiger partial charge is 0.160 e. The van der Waals surface area contributed by atoms with Crippen LogP contribution in [0.3, 0.4) is 0 Å². The van der Waals surface area contributed by atoms with Gasteiger partial charge in [0.1, 0.15) is 0 Å². The zero-order valence-corrected chi connectivity index (χ0v) is 36.6. The number of rotatable bonds is 6. The van der Waals surface area contributed by atoms with E-state index < -0.39 is 5.41 Å². The number of benzene rings is 10. The van der Waals surface area contributed by atoms with Gasteiger partial charge in [-0.15, -0.1) is 0 Å². The van der Waals surface area contributed by atoms with E-state index in [1.165, 1.54) is 55.6 Å². The van der Waals surface area contributed by atoms with Gasteiger partial charge in [-0.3, -0.25) is 0 Å². The summed E-state index contributed by atoms with van der Waals surface area (Å²) in [6, 6.07) is 92.7. The Morgan fingerprint density at radius 1 is 0.209 bits per heavy atom. The van der Waals surface area contributed by atoms with Gasteiger partial charge >= 0.3 is 0 Å². The van der Waals surface area contributed by atoms with Crippen molar-refractivity contribution in [3.05, 3.63) is 277 Å². The molecule has 0 saturated carbocycles. The Hall–Kier alpha value is -8.72. The molecular formula is C65H42N2. The SMILES string of the molecule is c1ccc(-c2cc(-c3ccccc3)cc(-c3cc(-c4ccc5c(c4)C4(c6ccccc6-c6ccccc6-5)c5ccccc5-c5ccccc54)nc(-c4cccc(-c5ccccc5)c4)n3)c2)cc1. The molecule has 2 aliphatic rings. The van der Waals surface area contributed by atoms with Crippen molar-refractivity contribution in [1.82, 2.24) is 9.97 Å². The number of hydrogen-bond donors (Lipinski definition) is 0. The maximum atomic E-state index is 5.55. The highest BCUT2D eigenvalue weighted by molar-refractivity contribution is 5.98. The van der Waals surface area contributed by atoms with Crippen molar-refractivity contribution < 1.29 is 0 Å². The van der Waals surface area contributed by atoms with Crippen LogP contribution < -0.4 is 0 Å². The maximum Gasteiger partial charge on any atom is 0.160 e. The lowest BCUT2D eigenvalue weighted by atomic mass is 9.65. The molecule has 2 aliphatic carbocycles. The summed E-state index contributed by atoms with van der Waals surface area (Å²) >= 11 is 0. The highest BCUT2D eigenvalue weighted by Gasteiger charge is 2.49. The van der Waals surface area contributed by atoms with Crippen LogP contribution in [0.25, 0.3) is 101 Å². The molecule has 11 aromatic rings. The number of nitrogens with zero attached hydrogens (tertiary/aromatic N) is 2. The summed E-state index contributed by atoms with van der Waals surface area (Å²) in [4.78, 5) is 11.0. The van der Waals surface area contributed by atoms with Crippen LogP contribution in [0.15, 0.2) is 255 Å². The molecule has 0 saturated heterocycles. The Balaban J connectivity index is 1.09. The second-order valence-corrected chi connectivity index (χ2v) is 17.6. The first-order valence-corrected chi connectivity index (χ1v) is 23.1. The van der Waals surface area contributed by atoms with E-state index in [-0.39, 0.29) is 0 Å². The molecule has 1 spiro atoms. The molecular weight excluding hydrogens is 809 g/mol. The van der Waals surface area contributed by atoms with Crippen molar-refractivity contribution in [2.75, 3.05) is 0 Å². The molecule has 0 amide bonds. The number of hydrogen-bond acceptors (Lipinski definition) is 2. The fourth-order valence-electron chi connectivity index (χ4n) is 10.9. The molecule has 2 nitrogen and oxygen atoms in total. The lowest BCUT2D eigenvalue weighted by Gasteiger charge is -2.35. The van der Waals surface area contributed by atoms with Gasteiger partial charge in [0.05, 0.1) is 16.8 Å². The van der Waals surface area contributed by atoms with E-state index in [2.05, 4.69) is 255 Å². The monoisotopic (exact) mass is 850 g/mol. The molecule has 13 rings (SSSR count). The maximum absolute atomic E-state index is 5.55. The first-order chi connectivity index (χ1) is 33.2. The van der Waals surface area contributed by atoms with Gasteiger partial charge in [-0.25, -0.2) is 9.97 Å². The Morgan fingerprint density at radius 3 is 1.12 bits per heavy atom. The van der Waals surface area contributed by atoms with Gasteiger partial charge in [-0.2, -0.15) is 0 Å². The fraction of sp³-hybridized carbons (Fsp3) is 0.0154. The molecule has 0 aliphatic heterocycles. The topological polar surface area (TPSA) is 25.8 Å². The molecule has 0 bridgehead atoms. The van der Waals surface area contributed by atoms with E-state index in [0.717, 1.165) is 61.5 Å².